The SMILES string of the molecule is Nc1cccc2c1ccn2-c1ccnc(NC(=O)C2CC2)c1. The minimum Gasteiger partial charge on any atom is -0.398 e. The number of carbonyl (C=O) groups is 1. The first-order chi connectivity index (χ1) is 10.7. The van der Waals surface area contributed by atoms with E-state index in [0.29, 0.717) is 5.82 Å². The maximum absolute atomic E-state index is 11.9. The fraction of sp³-hybridized carbons (Fsp3) is 0.176. The predicted molar refractivity (Wildman–Crippen MR) is 86.8 cm³/mol. The van der Waals surface area contributed by atoms with E-state index in [1.807, 2.05) is 47.2 Å². The molecule has 1 amide bonds. The molecule has 22 heavy (non-hydrogen) atoms. The van der Waals surface area contributed by atoms with Gasteiger partial charge in [0.05, 0.1) is 11.2 Å². The van der Waals surface area contributed by atoms with Crippen LogP contribution in [0.15, 0.2) is 48.8 Å². The van der Waals surface area contributed by atoms with Crippen molar-refractivity contribution < 1.29 is 4.79 Å². The van der Waals surface area contributed by atoms with Crippen molar-refractivity contribution in [3.8, 4) is 5.69 Å². The van der Waals surface area contributed by atoms with Gasteiger partial charge in [0, 0.05) is 35.5 Å². The molecule has 2 aromatic heterocycles. The summed E-state index contributed by atoms with van der Waals surface area (Å²) in [7, 11) is 0. The number of anilines is 2. The van der Waals surface area contributed by atoms with E-state index >= 15 is 0 Å². The minimum atomic E-state index is 0.0614. The highest BCUT2D eigenvalue weighted by molar-refractivity contribution is 5.94. The molecule has 0 spiro atoms. The van der Waals surface area contributed by atoms with Crippen LogP contribution in [0.5, 0.6) is 0 Å². The molecule has 110 valence electrons. The summed E-state index contributed by atoms with van der Waals surface area (Å²) in [5, 5.41) is 3.89. The van der Waals surface area contributed by atoms with Crippen LogP contribution in [0.3, 0.4) is 0 Å². The van der Waals surface area contributed by atoms with Gasteiger partial charge in [-0.25, -0.2) is 4.98 Å². The Morgan fingerprint density at radius 1 is 1.27 bits per heavy atom. The van der Waals surface area contributed by atoms with E-state index in [1.165, 1.54) is 0 Å². The van der Waals surface area contributed by atoms with Crippen LogP contribution in [-0.4, -0.2) is 15.5 Å². The lowest BCUT2D eigenvalue weighted by Crippen LogP contribution is -2.14. The molecule has 1 aromatic carbocycles. The summed E-state index contributed by atoms with van der Waals surface area (Å²) in [6, 6.07) is 11.6. The number of benzene rings is 1. The van der Waals surface area contributed by atoms with Crippen LogP contribution in [0.1, 0.15) is 12.8 Å². The molecule has 1 aliphatic rings. The molecule has 0 bridgehead atoms. The normalized spacial score (nSPS) is 14.2. The molecule has 1 saturated carbocycles. The molecule has 0 unspecified atom stereocenters. The number of nitrogen functional groups attached to an aromatic ring is 1. The van der Waals surface area contributed by atoms with Gasteiger partial charge in [0.15, 0.2) is 0 Å². The van der Waals surface area contributed by atoms with Gasteiger partial charge in [-0.2, -0.15) is 0 Å². The maximum atomic E-state index is 11.9. The van der Waals surface area contributed by atoms with E-state index in [-0.39, 0.29) is 11.8 Å². The summed E-state index contributed by atoms with van der Waals surface area (Å²) in [6.45, 7) is 0. The van der Waals surface area contributed by atoms with Crippen LogP contribution in [0.2, 0.25) is 0 Å². The Bertz CT molecular complexity index is 864. The van der Waals surface area contributed by atoms with Crippen molar-refractivity contribution in [2.24, 2.45) is 5.92 Å². The number of aromatic nitrogens is 2. The molecular formula is C17H16N4O. The average Bonchev–Trinajstić information content (AvgIpc) is 3.28. The predicted octanol–water partition coefficient (Wildman–Crippen LogP) is 2.96. The zero-order valence-electron chi connectivity index (χ0n) is 12.0. The van der Waals surface area contributed by atoms with Crippen LogP contribution >= 0.6 is 0 Å². The second-order valence-electron chi connectivity index (χ2n) is 5.63. The molecule has 1 fully saturated rings. The third-order valence-electron chi connectivity index (χ3n) is 3.99. The number of amides is 1. The lowest BCUT2D eigenvalue weighted by Gasteiger charge is -2.09. The van der Waals surface area contributed by atoms with Gasteiger partial charge in [-0.3, -0.25) is 4.79 Å². The molecule has 1 aliphatic carbocycles. The molecule has 0 saturated heterocycles. The zero-order valence-corrected chi connectivity index (χ0v) is 12.0. The Hall–Kier alpha value is -2.82. The monoisotopic (exact) mass is 292 g/mol. The zero-order chi connectivity index (χ0) is 15.1. The number of nitrogens with one attached hydrogen (secondary N) is 1. The maximum Gasteiger partial charge on any atom is 0.228 e. The Morgan fingerprint density at radius 2 is 2.14 bits per heavy atom. The standard InChI is InChI=1S/C17H16N4O/c18-14-2-1-3-15-13(14)7-9-21(15)12-6-8-19-16(10-12)20-17(22)11-4-5-11/h1-3,6-11H,4-5,18H2,(H,19,20,22). The average molecular weight is 292 g/mol. The Labute approximate surface area is 127 Å². The smallest absolute Gasteiger partial charge is 0.228 e. The Balaban J connectivity index is 1.72. The van der Waals surface area contributed by atoms with Gasteiger partial charge in [-0.1, -0.05) is 6.07 Å². The van der Waals surface area contributed by atoms with Crippen LogP contribution in [-0.2, 0) is 4.79 Å². The topological polar surface area (TPSA) is 72.9 Å². The number of pyridine rings is 1. The number of carbonyl (C=O) groups excluding carboxylic acids is 1. The molecule has 5 heteroatoms. The van der Waals surface area contributed by atoms with Crippen molar-refractivity contribution in [3.05, 3.63) is 48.8 Å². The molecule has 2 heterocycles. The number of hydrogen-bond acceptors (Lipinski definition) is 3. The lowest BCUT2D eigenvalue weighted by molar-refractivity contribution is -0.117. The van der Waals surface area contributed by atoms with Gasteiger partial charge >= 0.3 is 0 Å². The van der Waals surface area contributed by atoms with E-state index in [0.717, 1.165) is 35.1 Å². The second kappa shape index (κ2) is 4.87. The van der Waals surface area contributed by atoms with Gasteiger partial charge in [0.25, 0.3) is 0 Å². The molecule has 0 atom stereocenters. The Morgan fingerprint density at radius 3 is 2.95 bits per heavy atom. The highest BCUT2D eigenvalue weighted by Crippen LogP contribution is 2.30. The van der Waals surface area contributed by atoms with Gasteiger partial charge in [-0.15, -0.1) is 0 Å². The van der Waals surface area contributed by atoms with Crippen LogP contribution < -0.4 is 11.1 Å². The summed E-state index contributed by atoms with van der Waals surface area (Å²) in [4.78, 5) is 16.1. The molecule has 0 aliphatic heterocycles. The van der Waals surface area contributed by atoms with Gasteiger partial charge in [-0.05, 0) is 37.1 Å². The third-order valence-corrected chi connectivity index (χ3v) is 3.99. The summed E-state index contributed by atoms with van der Waals surface area (Å²) < 4.78 is 2.04. The number of fused-ring (bicyclic) bond motifs is 1. The second-order valence-corrected chi connectivity index (χ2v) is 5.63. The van der Waals surface area contributed by atoms with Crippen molar-refractivity contribution in [1.29, 1.82) is 0 Å². The van der Waals surface area contributed by atoms with E-state index in [2.05, 4.69) is 10.3 Å². The number of rotatable bonds is 3. The van der Waals surface area contributed by atoms with Crippen molar-refractivity contribution in [2.45, 2.75) is 12.8 Å². The number of nitrogens with zero attached hydrogens (tertiary/aromatic N) is 2. The quantitative estimate of drug-likeness (QED) is 0.729. The summed E-state index contributed by atoms with van der Waals surface area (Å²) in [5.74, 6) is 0.809. The van der Waals surface area contributed by atoms with Crippen LogP contribution in [0.25, 0.3) is 16.6 Å². The summed E-state index contributed by atoms with van der Waals surface area (Å²) in [5.41, 5.74) is 8.74. The highest BCUT2D eigenvalue weighted by atomic mass is 16.2. The van der Waals surface area contributed by atoms with Crippen LogP contribution in [0, 0.1) is 5.92 Å². The van der Waals surface area contributed by atoms with E-state index < -0.39 is 0 Å². The van der Waals surface area contributed by atoms with Gasteiger partial charge in [0.1, 0.15) is 5.82 Å². The van der Waals surface area contributed by atoms with Crippen molar-refractivity contribution in [1.82, 2.24) is 9.55 Å². The fourth-order valence-electron chi connectivity index (χ4n) is 2.63. The van der Waals surface area contributed by atoms with E-state index in [4.69, 9.17) is 5.73 Å². The first-order valence-electron chi connectivity index (χ1n) is 7.35. The molecule has 0 radical (unpaired) electrons. The first kappa shape index (κ1) is 12.9. The van der Waals surface area contributed by atoms with Crippen molar-refractivity contribution >= 4 is 28.3 Å². The third kappa shape index (κ3) is 2.20. The molecule has 3 N–H and O–H groups in total. The van der Waals surface area contributed by atoms with Crippen molar-refractivity contribution in [3.63, 3.8) is 0 Å². The summed E-state index contributed by atoms with van der Waals surface area (Å²) in [6.07, 6.45) is 5.64. The van der Waals surface area contributed by atoms with E-state index in [9.17, 15) is 4.79 Å². The highest BCUT2D eigenvalue weighted by Gasteiger charge is 2.29. The molecule has 4 rings (SSSR count). The Kier molecular flexibility index (Phi) is 2.85. The number of hydrogen-bond donors (Lipinski definition) is 2. The lowest BCUT2D eigenvalue weighted by atomic mass is 10.2. The molecule has 3 aromatic rings. The minimum absolute atomic E-state index is 0.0614. The van der Waals surface area contributed by atoms with E-state index in [1.54, 1.807) is 6.20 Å². The number of nitrogens with two attached hydrogens (primary N) is 1. The summed E-state index contributed by atoms with van der Waals surface area (Å²) >= 11 is 0. The molecule has 5 nitrogen and oxygen atoms in total. The largest absolute Gasteiger partial charge is 0.398 e. The molecular weight excluding hydrogens is 276 g/mol. The van der Waals surface area contributed by atoms with Gasteiger partial charge < -0.3 is 15.6 Å². The van der Waals surface area contributed by atoms with Crippen LogP contribution in [0.4, 0.5) is 11.5 Å². The van der Waals surface area contributed by atoms with Gasteiger partial charge in [0.2, 0.25) is 5.91 Å². The fourth-order valence-corrected chi connectivity index (χ4v) is 2.63. The first-order valence-corrected chi connectivity index (χ1v) is 7.35. The van der Waals surface area contributed by atoms with Crippen molar-refractivity contribution in [2.75, 3.05) is 11.1 Å².